The summed E-state index contributed by atoms with van der Waals surface area (Å²) in [4.78, 5) is 14.4. The summed E-state index contributed by atoms with van der Waals surface area (Å²) < 4.78 is 29.3. The van der Waals surface area contributed by atoms with Crippen LogP contribution in [0.5, 0.6) is 0 Å². The van der Waals surface area contributed by atoms with Gasteiger partial charge in [0.05, 0.1) is 11.0 Å². The van der Waals surface area contributed by atoms with E-state index < -0.39 is 26.7 Å². The van der Waals surface area contributed by atoms with Crippen LogP contribution >= 0.6 is 24.0 Å². The maximum Gasteiger partial charge on any atom is 0.290 e. The molecule has 0 spiro atoms. The van der Waals surface area contributed by atoms with Crippen LogP contribution in [-0.2, 0) is 17.1 Å². The molecular formula is C14H17Cl2N5O4S. The van der Waals surface area contributed by atoms with Crippen LogP contribution < -0.4 is 5.32 Å². The van der Waals surface area contributed by atoms with Crippen LogP contribution in [0.3, 0.4) is 0 Å². The molecule has 1 unspecified atom stereocenters. The van der Waals surface area contributed by atoms with Gasteiger partial charge in [0.15, 0.2) is 4.90 Å². The Kier molecular flexibility index (Phi) is 6.25. The van der Waals surface area contributed by atoms with Gasteiger partial charge in [-0.2, -0.15) is 4.31 Å². The Morgan fingerprint density at radius 2 is 2.15 bits per heavy atom. The normalized spacial score (nSPS) is 18.3. The van der Waals surface area contributed by atoms with Gasteiger partial charge in [-0.15, -0.1) is 12.4 Å². The van der Waals surface area contributed by atoms with E-state index >= 15 is 0 Å². The van der Waals surface area contributed by atoms with Gasteiger partial charge in [-0.3, -0.25) is 10.1 Å². The first-order valence-electron chi connectivity index (χ1n) is 7.46. The third-order valence-electron chi connectivity index (χ3n) is 4.06. The number of hydrogen-bond donors (Lipinski definition) is 1. The van der Waals surface area contributed by atoms with E-state index in [1.54, 1.807) is 24.0 Å². The number of halogens is 2. The number of nitrogens with one attached hydrogen (secondary N) is 1. The lowest BCUT2D eigenvalue weighted by Crippen LogP contribution is -2.49. The van der Waals surface area contributed by atoms with Crippen molar-refractivity contribution in [1.29, 1.82) is 0 Å². The lowest BCUT2D eigenvalue weighted by atomic mass is 10.2. The van der Waals surface area contributed by atoms with Gasteiger partial charge in [-0.25, -0.2) is 13.4 Å². The molecule has 1 aliphatic rings. The quantitative estimate of drug-likeness (QED) is 0.594. The molecule has 1 aliphatic heterocycles. The third kappa shape index (κ3) is 3.69. The highest BCUT2D eigenvalue weighted by molar-refractivity contribution is 7.89. The molecule has 9 nitrogen and oxygen atoms in total. The Hall–Kier alpha value is -1.72. The van der Waals surface area contributed by atoms with Crippen molar-refractivity contribution >= 4 is 39.7 Å². The zero-order chi connectivity index (χ0) is 18.2. The van der Waals surface area contributed by atoms with Crippen molar-refractivity contribution in [1.82, 2.24) is 19.2 Å². The molecule has 0 bridgehead atoms. The predicted octanol–water partition coefficient (Wildman–Crippen LogP) is 1.74. The summed E-state index contributed by atoms with van der Waals surface area (Å²) in [6, 6.07) is 2.99. The van der Waals surface area contributed by atoms with Crippen LogP contribution in [0.25, 0.3) is 0 Å². The average Bonchev–Trinajstić information content (AvgIpc) is 3.00. The van der Waals surface area contributed by atoms with E-state index in [0.29, 0.717) is 18.9 Å². The number of imidazole rings is 1. The zero-order valence-corrected chi connectivity index (χ0v) is 16.1. The van der Waals surface area contributed by atoms with E-state index in [-0.39, 0.29) is 28.9 Å². The van der Waals surface area contributed by atoms with E-state index in [4.69, 9.17) is 11.6 Å². The second-order valence-corrected chi connectivity index (χ2v) is 7.90. The molecule has 26 heavy (non-hydrogen) atoms. The van der Waals surface area contributed by atoms with E-state index in [9.17, 15) is 18.5 Å². The molecule has 1 atom stereocenters. The van der Waals surface area contributed by atoms with E-state index in [1.807, 2.05) is 0 Å². The van der Waals surface area contributed by atoms with Gasteiger partial charge in [-0.1, -0.05) is 11.6 Å². The molecule has 1 aromatic carbocycles. The summed E-state index contributed by atoms with van der Waals surface area (Å²) >= 11 is 5.79. The molecule has 3 rings (SSSR count). The molecule has 0 aliphatic carbocycles. The molecular weight excluding hydrogens is 405 g/mol. The Morgan fingerprint density at radius 1 is 1.42 bits per heavy atom. The minimum atomic E-state index is -4.11. The van der Waals surface area contributed by atoms with Crippen molar-refractivity contribution in [3.05, 3.63) is 51.6 Å². The number of nitro benzene ring substituents is 1. The minimum absolute atomic E-state index is 0. The van der Waals surface area contributed by atoms with Gasteiger partial charge in [0.2, 0.25) is 0 Å². The lowest BCUT2D eigenvalue weighted by Gasteiger charge is -2.34. The number of sulfonamides is 1. The molecule has 1 aromatic heterocycles. The largest absolute Gasteiger partial charge is 0.337 e. The fourth-order valence-corrected chi connectivity index (χ4v) is 4.76. The lowest BCUT2D eigenvalue weighted by molar-refractivity contribution is -0.387. The van der Waals surface area contributed by atoms with Crippen molar-refractivity contribution in [2.24, 2.45) is 7.05 Å². The molecule has 12 heteroatoms. The Labute approximate surface area is 161 Å². The average molecular weight is 422 g/mol. The number of aromatic nitrogens is 2. The van der Waals surface area contributed by atoms with Crippen molar-refractivity contribution in [3.63, 3.8) is 0 Å². The van der Waals surface area contributed by atoms with Crippen LogP contribution in [0.15, 0.2) is 35.5 Å². The standard InChI is InChI=1S/C14H16ClN5O4S.ClH/c1-18-6-5-17-14(18)12-9-16-4-7-19(12)25(23,24)13-3-2-10(15)8-11(13)20(21)22;/h2-3,5-6,8,12,16H,4,7,9H2,1H3;1H. The molecule has 0 radical (unpaired) electrons. The summed E-state index contributed by atoms with van der Waals surface area (Å²) in [6.45, 7) is 0.993. The van der Waals surface area contributed by atoms with E-state index in [0.717, 1.165) is 6.07 Å². The van der Waals surface area contributed by atoms with Crippen molar-refractivity contribution < 1.29 is 13.3 Å². The number of nitrogens with zero attached hydrogens (tertiary/aromatic N) is 4. The molecule has 2 heterocycles. The topological polar surface area (TPSA) is 110 Å². The van der Waals surface area contributed by atoms with Gasteiger partial charge in [0, 0.05) is 50.2 Å². The smallest absolute Gasteiger partial charge is 0.290 e. The van der Waals surface area contributed by atoms with Crippen LogP contribution in [-0.4, -0.2) is 46.8 Å². The SMILES string of the molecule is Cl.Cn1ccnc1C1CNCCN1S(=O)(=O)c1ccc(Cl)cc1[N+](=O)[O-]. The third-order valence-corrected chi connectivity index (χ3v) is 6.25. The molecule has 142 valence electrons. The highest BCUT2D eigenvalue weighted by Gasteiger charge is 2.39. The first kappa shape index (κ1) is 20.6. The predicted molar refractivity (Wildman–Crippen MR) is 98.1 cm³/mol. The molecule has 0 amide bonds. The summed E-state index contributed by atoms with van der Waals surface area (Å²) in [5, 5.41) is 14.5. The van der Waals surface area contributed by atoms with Gasteiger partial charge in [-0.05, 0) is 12.1 Å². The minimum Gasteiger partial charge on any atom is -0.337 e. The number of nitro groups is 1. The highest BCUT2D eigenvalue weighted by Crippen LogP contribution is 2.33. The van der Waals surface area contributed by atoms with Gasteiger partial charge < -0.3 is 9.88 Å². The number of piperazine rings is 1. The molecule has 0 saturated carbocycles. The Bertz CT molecular complexity index is 918. The van der Waals surface area contributed by atoms with Crippen molar-refractivity contribution in [3.8, 4) is 0 Å². The van der Waals surface area contributed by atoms with Crippen molar-refractivity contribution in [2.75, 3.05) is 19.6 Å². The number of rotatable bonds is 4. The number of aryl methyl sites for hydroxylation is 1. The van der Waals surface area contributed by atoms with Gasteiger partial charge >= 0.3 is 0 Å². The van der Waals surface area contributed by atoms with Gasteiger partial charge in [0.1, 0.15) is 5.82 Å². The van der Waals surface area contributed by atoms with Crippen LogP contribution in [0.1, 0.15) is 11.9 Å². The second kappa shape index (κ2) is 7.89. The molecule has 1 N–H and O–H groups in total. The van der Waals surface area contributed by atoms with Gasteiger partial charge in [0.25, 0.3) is 15.7 Å². The van der Waals surface area contributed by atoms with Crippen molar-refractivity contribution in [2.45, 2.75) is 10.9 Å². The molecule has 2 aromatic rings. The maximum atomic E-state index is 13.2. The number of benzene rings is 1. The molecule has 1 fully saturated rings. The highest BCUT2D eigenvalue weighted by atomic mass is 35.5. The van der Waals surface area contributed by atoms with E-state index in [1.165, 1.54) is 16.4 Å². The fraction of sp³-hybridized carbons (Fsp3) is 0.357. The summed E-state index contributed by atoms with van der Waals surface area (Å²) in [5.41, 5.74) is -0.537. The fourth-order valence-electron chi connectivity index (χ4n) is 2.87. The summed E-state index contributed by atoms with van der Waals surface area (Å²) in [5.74, 6) is 0.562. The monoisotopic (exact) mass is 421 g/mol. The van der Waals surface area contributed by atoms with Crippen LogP contribution in [0, 0.1) is 10.1 Å². The van der Waals surface area contributed by atoms with E-state index in [2.05, 4.69) is 10.3 Å². The Morgan fingerprint density at radius 3 is 2.77 bits per heavy atom. The van der Waals surface area contributed by atoms with Crippen LogP contribution in [0.2, 0.25) is 5.02 Å². The summed E-state index contributed by atoms with van der Waals surface area (Å²) in [7, 11) is -2.34. The summed E-state index contributed by atoms with van der Waals surface area (Å²) in [6.07, 6.45) is 3.30. The number of hydrogen-bond acceptors (Lipinski definition) is 6. The zero-order valence-electron chi connectivity index (χ0n) is 13.7. The maximum absolute atomic E-state index is 13.2. The first-order chi connectivity index (χ1) is 11.8. The van der Waals surface area contributed by atoms with Crippen LogP contribution in [0.4, 0.5) is 5.69 Å². The molecule has 1 saturated heterocycles. The first-order valence-corrected chi connectivity index (χ1v) is 9.28. The Balaban J connectivity index is 0.00000243. The second-order valence-electron chi connectivity index (χ2n) is 5.60.